The maximum Gasteiger partial charge on any atom is 0.418 e. The first-order valence-electron chi connectivity index (χ1n) is 4.25. The van der Waals surface area contributed by atoms with Gasteiger partial charge in [-0.2, -0.15) is 18.4 Å². The van der Waals surface area contributed by atoms with Gasteiger partial charge in [0.2, 0.25) is 5.56 Å². The van der Waals surface area contributed by atoms with Crippen molar-refractivity contribution in [3.8, 4) is 6.07 Å². The summed E-state index contributed by atoms with van der Waals surface area (Å²) < 4.78 is 62.5. The highest BCUT2D eigenvalue weighted by atomic mass is 19.4. The molecule has 0 bridgehead atoms. The summed E-state index contributed by atoms with van der Waals surface area (Å²) in [5.41, 5.74) is -5.00. The van der Waals surface area contributed by atoms with Gasteiger partial charge in [-0.1, -0.05) is 0 Å². The molecule has 92 valence electrons. The molecule has 0 aliphatic heterocycles. The van der Waals surface area contributed by atoms with Crippen LogP contribution in [0.25, 0.3) is 0 Å². The van der Waals surface area contributed by atoms with E-state index < -0.39 is 41.4 Å². The Morgan fingerprint density at radius 3 is 2.41 bits per heavy atom. The molecule has 0 spiro atoms. The van der Waals surface area contributed by atoms with Gasteiger partial charge in [0.1, 0.15) is 0 Å². The highest BCUT2D eigenvalue weighted by molar-refractivity contribution is 5.35. The second-order valence-corrected chi connectivity index (χ2v) is 3.08. The Bertz CT molecular complexity index is 512. The van der Waals surface area contributed by atoms with Crippen molar-refractivity contribution in [2.45, 2.75) is 19.0 Å². The summed E-state index contributed by atoms with van der Waals surface area (Å²) in [5.74, 6) is 0. The van der Waals surface area contributed by atoms with Crippen LogP contribution in [0.5, 0.6) is 0 Å². The van der Waals surface area contributed by atoms with Crippen LogP contribution in [0.15, 0.2) is 10.9 Å². The van der Waals surface area contributed by atoms with Gasteiger partial charge in [0.15, 0.2) is 0 Å². The lowest BCUT2D eigenvalue weighted by Crippen LogP contribution is -2.20. The largest absolute Gasteiger partial charge is 0.418 e. The van der Waals surface area contributed by atoms with Crippen molar-refractivity contribution < 1.29 is 22.0 Å². The molecule has 0 aliphatic rings. The number of hydrogen-bond donors (Lipinski definition) is 1. The van der Waals surface area contributed by atoms with E-state index in [-0.39, 0.29) is 6.07 Å². The number of pyridine rings is 1. The van der Waals surface area contributed by atoms with Gasteiger partial charge in [-0.25, -0.2) is 8.78 Å². The molecule has 0 amide bonds. The first kappa shape index (κ1) is 13.2. The first-order valence-corrected chi connectivity index (χ1v) is 4.25. The average Bonchev–Trinajstić information content (AvgIpc) is 2.14. The molecule has 1 aromatic rings. The SMILES string of the molecule is N#CCc1[nH]c(=O)cc(C(F)F)c1C(F)(F)F. The van der Waals surface area contributed by atoms with Gasteiger partial charge >= 0.3 is 6.18 Å². The zero-order valence-electron chi connectivity index (χ0n) is 8.11. The van der Waals surface area contributed by atoms with Gasteiger partial charge in [0.05, 0.1) is 18.1 Å². The van der Waals surface area contributed by atoms with Crippen LogP contribution in [0.2, 0.25) is 0 Å². The van der Waals surface area contributed by atoms with E-state index in [1.807, 2.05) is 0 Å². The maximum absolute atomic E-state index is 12.6. The molecule has 0 fully saturated rings. The van der Waals surface area contributed by atoms with E-state index in [0.29, 0.717) is 0 Å². The van der Waals surface area contributed by atoms with Gasteiger partial charge in [-0.3, -0.25) is 4.79 Å². The van der Waals surface area contributed by atoms with Crippen LogP contribution in [0.3, 0.4) is 0 Å². The van der Waals surface area contributed by atoms with Crippen LogP contribution in [-0.4, -0.2) is 4.98 Å². The molecule has 0 saturated carbocycles. The quantitative estimate of drug-likeness (QED) is 0.821. The molecular formula is C9H5F5N2O. The number of rotatable bonds is 2. The third-order valence-electron chi connectivity index (χ3n) is 1.93. The average molecular weight is 252 g/mol. The van der Waals surface area contributed by atoms with Gasteiger partial charge in [0.25, 0.3) is 6.43 Å². The number of alkyl halides is 5. The molecule has 1 N–H and O–H groups in total. The third-order valence-corrected chi connectivity index (χ3v) is 1.93. The van der Waals surface area contributed by atoms with Crippen molar-refractivity contribution in [1.29, 1.82) is 5.26 Å². The molecule has 0 saturated heterocycles. The van der Waals surface area contributed by atoms with Gasteiger partial charge in [-0.15, -0.1) is 0 Å². The Kier molecular flexibility index (Phi) is 3.50. The molecule has 1 heterocycles. The summed E-state index contributed by atoms with van der Waals surface area (Å²) in [6.07, 6.45) is -9.29. The predicted octanol–water partition coefficient (Wildman–Crippen LogP) is 2.40. The topological polar surface area (TPSA) is 56.6 Å². The van der Waals surface area contributed by atoms with Gasteiger partial charge in [-0.05, 0) is 0 Å². The number of aromatic nitrogens is 1. The Labute approximate surface area is 91.5 Å². The van der Waals surface area contributed by atoms with E-state index >= 15 is 0 Å². The number of nitriles is 1. The van der Waals surface area contributed by atoms with Crippen molar-refractivity contribution in [1.82, 2.24) is 4.98 Å². The number of halogens is 5. The van der Waals surface area contributed by atoms with Crippen LogP contribution in [0.4, 0.5) is 22.0 Å². The third kappa shape index (κ3) is 2.81. The van der Waals surface area contributed by atoms with E-state index in [1.54, 1.807) is 4.98 Å². The predicted molar refractivity (Wildman–Crippen MR) is 46.3 cm³/mol. The fourth-order valence-corrected chi connectivity index (χ4v) is 1.35. The summed E-state index contributed by atoms with van der Waals surface area (Å²) in [5, 5.41) is 8.30. The maximum atomic E-state index is 12.6. The lowest BCUT2D eigenvalue weighted by atomic mass is 10.0. The molecule has 1 aromatic heterocycles. The molecule has 0 radical (unpaired) electrons. The highest BCUT2D eigenvalue weighted by Gasteiger charge is 2.39. The molecule has 0 atom stereocenters. The van der Waals surface area contributed by atoms with Crippen molar-refractivity contribution >= 4 is 0 Å². The monoisotopic (exact) mass is 252 g/mol. The van der Waals surface area contributed by atoms with E-state index in [4.69, 9.17) is 5.26 Å². The van der Waals surface area contributed by atoms with Crippen LogP contribution in [0, 0.1) is 11.3 Å². The zero-order chi connectivity index (χ0) is 13.2. The fraction of sp³-hybridized carbons (Fsp3) is 0.333. The van der Waals surface area contributed by atoms with Crippen LogP contribution in [-0.2, 0) is 12.6 Å². The molecule has 1 rings (SSSR count). The summed E-state index contributed by atoms with van der Waals surface area (Å²) in [6.45, 7) is 0. The lowest BCUT2D eigenvalue weighted by Gasteiger charge is -2.15. The Hall–Kier alpha value is -1.91. The van der Waals surface area contributed by atoms with Crippen molar-refractivity contribution in [3.63, 3.8) is 0 Å². The molecule has 8 heteroatoms. The van der Waals surface area contributed by atoms with E-state index in [0.717, 1.165) is 0 Å². The molecule has 17 heavy (non-hydrogen) atoms. The Morgan fingerprint density at radius 2 is 2.00 bits per heavy atom. The van der Waals surface area contributed by atoms with Crippen molar-refractivity contribution in [2.24, 2.45) is 0 Å². The molecule has 0 aromatic carbocycles. The van der Waals surface area contributed by atoms with E-state index in [9.17, 15) is 26.7 Å². The van der Waals surface area contributed by atoms with Crippen LogP contribution in [0.1, 0.15) is 23.2 Å². The Balaban J connectivity index is 3.60. The fourth-order valence-electron chi connectivity index (χ4n) is 1.35. The number of nitrogens with zero attached hydrogens (tertiary/aromatic N) is 1. The number of H-pyrrole nitrogens is 1. The molecule has 0 aliphatic carbocycles. The summed E-state index contributed by atoms with van der Waals surface area (Å²) in [4.78, 5) is 12.7. The van der Waals surface area contributed by atoms with Crippen molar-refractivity contribution in [2.75, 3.05) is 0 Å². The van der Waals surface area contributed by atoms with E-state index in [1.165, 1.54) is 6.07 Å². The molecular weight excluding hydrogens is 247 g/mol. The second-order valence-electron chi connectivity index (χ2n) is 3.08. The number of nitrogens with one attached hydrogen (secondary N) is 1. The van der Waals surface area contributed by atoms with E-state index in [2.05, 4.69) is 0 Å². The standard InChI is InChI=1S/C9H5F5N2O/c10-8(11)4-3-6(17)16-5(1-2-15)7(4)9(12,13)14/h3,8H,1H2,(H,16,17). The Morgan fingerprint density at radius 1 is 1.41 bits per heavy atom. The highest BCUT2D eigenvalue weighted by Crippen LogP contribution is 2.37. The minimum Gasteiger partial charge on any atom is -0.325 e. The van der Waals surface area contributed by atoms with Gasteiger partial charge in [0, 0.05) is 17.3 Å². The zero-order valence-corrected chi connectivity index (χ0v) is 8.11. The summed E-state index contributed by atoms with van der Waals surface area (Å²) in [6, 6.07) is 1.56. The molecule has 3 nitrogen and oxygen atoms in total. The minimum atomic E-state index is -5.05. The minimum absolute atomic E-state index is 0.189. The normalized spacial score (nSPS) is 11.6. The number of aromatic amines is 1. The first-order chi connectivity index (χ1) is 7.77. The molecule has 0 unspecified atom stereocenters. The van der Waals surface area contributed by atoms with Gasteiger partial charge < -0.3 is 4.98 Å². The summed E-state index contributed by atoms with van der Waals surface area (Å²) >= 11 is 0. The van der Waals surface area contributed by atoms with Crippen LogP contribution < -0.4 is 5.56 Å². The van der Waals surface area contributed by atoms with Crippen molar-refractivity contribution in [3.05, 3.63) is 33.2 Å². The number of hydrogen-bond acceptors (Lipinski definition) is 2. The summed E-state index contributed by atoms with van der Waals surface area (Å²) in [7, 11) is 0. The van der Waals surface area contributed by atoms with Crippen LogP contribution >= 0.6 is 0 Å². The lowest BCUT2D eigenvalue weighted by molar-refractivity contribution is -0.140. The second kappa shape index (κ2) is 4.53. The smallest absolute Gasteiger partial charge is 0.325 e.